The molecule has 1 aromatic carbocycles. The van der Waals surface area contributed by atoms with Crippen LogP contribution >= 0.6 is 0 Å². The number of esters is 1. The number of benzene rings is 1. The summed E-state index contributed by atoms with van der Waals surface area (Å²) in [6.45, 7) is 1.57. The lowest BCUT2D eigenvalue weighted by molar-refractivity contribution is 0.0555. The van der Waals surface area contributed by atoms with Crippen LogP contribution in [0.25, 0.3) is 0 Å². The van der Waals surface area contributed by atoms with E-state index in [-0.39, 0.29) is 29.7 Å². The number of methoxy groups -OCH3 is 1. The van der Waals surface area contributed by atoms with E-state index >= 15 is 0 Å². The number of carbonyl (C=O) groups is 1. The quantitative estimate of drug-likeness (QED) is 0.742. The fraction of sp³-hybridized carbons (Fsp3) is 0.385. The summed E-state index contributed by atoms with van der Waals surface area (Å²) in [6.07, 6.45) is 0. The molecule has 7 nitrogen and oxygen atoms in total. The number of carbonyl (C=O) groups excluding carboxylic acids is 1. The molecular formula is C13H16N2O5S. The van der Waals surface area contributed by atoms with Crippen LogP contribution in [0.1, 0.15) is 17.3 Å². The van der Waals surface area contributed by atoms with Crippen molar-refractivity contribution in [2.45, 2.75) is 17.9 Å². The van der Waals surface area contributed by atoms with E-state index in [1.54, 1.807) is 13.0 Å². The zero-order chi connectivity index (χ0) is 15.9. The van der Waals surface area contributed by atoms with Crippen molar-refractivity contribution in [3.05, 3.63) is 29.8 Å². The van der Waals surface area contributed by atoms with Crippen molar-refractivity contribution in [2.24, 2.45) is 0 Å². The normalized spacial score (nSPS) is 12.4. The van der Waals surface area contributed by atoms with E-state index in [0.717, 1.165) is 0 Å². The van der Waals surface area contributed by atoms with Crippen molar-refractivity contribution in [3.63, 3.8) is 0 Å². The molecule has 1 aromatic rings. The molecule has 0 saturated heterocycles. The molecule has 1 rings (SSSR count). The third kappa shape index (κ3) is 5.15. The van der Waals surface area contributed by atoms with Crippen molar-refractivity contribution in [2.75, 3.05) is 20.3 Å². The second-order valence-electron chi connectivity index (χ2n) is 4.24. The van der Waals surface area contributed by atoms with E-state index in [1.807, 2.05) is 0 Å². The predicted octanol–water partition coefficient (Wildman–Crippen LogP) is 0.680. The van der Waals surface area contributed by atoms with E-state index in [2.05, 4.69) is 9.46 Å². The summed E-state index contributed by atoms with van der Waals surface area (Å²) in [5, 5.41) is 8.32. The highest BCUT2D eigenvalue weighted by atomic mass is 32.2. The maximum Gasteiger partial charge on any atom is 0.339 e. The average molecular weight is 312 g/mol. The molecule has 21 heavy (non-hydrogen) atoms. The Bertz CT molecular complexity index is 619. The molecule has 1 N–H and O–H groups in total. The summed E-state index contributed by atoms with van der Waals surface area (Å²) >= 11 is 0. The molecule has 0 fully saturated rings. The van der Waals surface area contributed by atoms with Crippen LogP contribution in [0.4, 0.5) is 0 Å². The Balaban J connectivity index is 2.82. The zero-order valence-corrected chi connectivity index (χ0v) is 12.5. The Hall–Kier alpha value is -1.95. The molecule has 0 aromatic heterocycles. The van der Waals surface area contributed by atoms with Gasteiger partial charge in [0.15, 0.2) is 6.61 Å². The number of nitriles is 1. The lowest BCUT2D eigenvalue weighted by Gasteiger charge is -2.13. The SMILES string of the molecule is COCC(C)NS(=O)(=O)c1ccc(C(=O)OCC#N)cc1. The highest BCUT2D eigenvalue weighted by Gasteiger charge is 2.18. The molecule has 0 aliphatic heterocycles. The highest BCUT2D eigenvalue weighted by Crippen LogP contribution is 2.12. The van der Waals surface area contributed by atoms with Gasteiger partial charge in [-0.15, -0.1) is 0 Å². The minimum absolute atomic E-state index is 0.0299. The topological polar surface area (TPSA) is 105 Å². The number of hydrogen-bond donors (Lipinski definition) is 1. The van der Waals surface area contributed by atoms with Gasteiger partial charge in [0.2, 0.25) is 10.0 Å². The van der Waals surface area contributed by atoms with Crippen LogP contribution in [0.15, 0.2) is 29.2 Å². The molecular weight excluding hydrogens is 296 g/mol. The van der Waals surface area contributed by atoms with Gasteiger partial charge in [0.05, 0.1) is 17.1 Å². The van der Waals surface area contributed by atoms with Gasteiger partial charge in [-0.1, -0.05) is 0 Å². The van der Waals surface area contributed by atoms with Crippen LogP contribution in [-0.2, 0) is 19.5 Å². The van der Waals surface area contributed by atoms with Gasteiger partial charge in [-0.05, 0) is 31.2 Å². The van der Waals surface area contributed by atoms with Gasteiger partial charge >= 0.3 is 5.97 Å². The first-order valence-electron chi connectivity index (χ1n) is 6.06. The molecule has 0 amide bonds. The smallest absolute Gasteiger partial charge is 0.339 e. The predicted molar refractivity (Wildman–Crippen MR) is 74.0 cm³/mol. The van der Waals surface area contributed by atoms with Crippen molar-refractivity contribution in [1.29, 1.82) is 5.26 Å². The Labute approximate surface area is 123 Å². The standard InChI is InChI=1S/C13H16N2O5S/c1-10(9-19-2)15-21(17,18)12-5-3-11(4-6-12)13(16)20-8-7-14/h3-6,10,15H,8-9H2,1-2H3. The van der Waals surface area contributed by atoms with E-state index in [0.29, 0.717) is 0 Å². The molecule has 0 aliphatic carbocycles. The van der Waals surface area contributed by atoms with Crippen molar-refractivity contribution < 1.29 is 22.7 Å². The Morgan fingerprint density at radius 3 is 2.52 bits per heavy atom. The summed E-state index contributed by atoms with van der Waals surface area (Å²) in [5.41, 5.74) is 0.175. The number of sulfonamides is 1. The van der Waals surface area contributed by atoms with E-state index < -0.39 is 16.0 Å². The fourth-order valence-electron chi connectivity index (χ4n) is 1.57. The average Bonchev–Trinajstić information content (AvgIpc) is 2.44. The first-order valence-corrected chi connectivity index (χ1v) is 7.54. The first kappa shape index (κ1) is 17.1. The molecule has 0 radical (unpaired) electrons. The largest absolute Gasteiger partial charge is 0.447 e. The molecule has 0 bridgehead atoms. The third-order valence-electron chi connectivity index (χ3n) is 2.44. The minimum Gasteiger partial charge on any atom is -0.447 e. The Morgan fingerprint density at radius 1 is 1.38 bits per heavy atom. The van der Waals surface area contributed by atoms with Crippen LogP contribution in [0, 0.1) is 11.3 Å². The lowest BCUT2D eigenvalue weighted by atomic mass is 10.2. The van der Waals surface area contributed by atoms with Gasteiger partial charge in [0.25, 0.3) is 0 Å². The second-order valence-corrected chi connectivity index (χ2v) is 5.95. The molecule has 0 heterocycles. The molecule has 0 saturated carbocycles. The van der Waals surface area contributed by atoms with Gasteiger partial charge in [0, 0.05) is 13.2 Å². The van der Waals surface area contributed by atoms with Crippen molar-refractivity contribution in [1.82, 2.24) is 4.72 Å². The third-order valence-corrected chi connectivity index (χ3v) is 4.05. The summed E-state index contributed by atoms with van der Waals surface area (Å²) in [4.78, 5) is 11.5. The van der Waals surface area contributed by atoms with Crippen LogP contribution in [0.5, 0.6) is 0 Å². The number of nitrogens with one attached hydrogen (secondary N) is 1. The second kappa shape index (κ2) is 7.73. The van der Waals surface area contributed by atoms with Crippen LogP contribution in [-0.4, -0.2) is 40.8 Å². The maximum atomic E-state index is 12.0. The van der Waals surface area contributed by atoms with Gasteiger partial charge < -0.3 is 9.47 Å². The van der Waals surface area contributed by atoms with Crippen LogP contribution < -0.4 is 4.72 Å². The highest BCUT2D eigenvalue weighted by molar-refractivity contribution is 7.89. The van der Waals surface area contributed by atoms with Gasteiger partial charge in [-0.2, -0.15) is 5.26 Å². The van der Waals surface area contributed by atoms with E-state index in [4.69, 9.17) is 10.00 Å². The van der Waals surface area contributed by atoms with Crippen LogP contribution in [0.2, 0.25) is 0 Å². The summed E-state index contributed by atoms with van der Waals surface area (Å²) in [5.74, 6) is -0.679. The molecule has 114 valence electrons. The maximum absolute atomic E-state index is 12.0. The molecule has 1 atom stereocenters. The number of ether oxygens (including phenoxy) is 2. The molecule has 8 heteroatoms. The molecule has 1 unspecified atom stereocenters. The summed E-state index contributed by atoms with van der Waals surface area (Å²) in [7, 11) is -2.20. The minimum atomic E-state index is -3.68. The molecule has 0 spiro atoms. The number of rotatable bonds is 7. The summed E-state index contributed by atoms with van der Waals surface area (Å²) in [6, 6.07) is 6.55. The fourth-order valence-corrected chi connectivity index (χ4v) is 2.80. The van der Waals surface area contributed by atoms with Crippen molar-refractivity contribution in [3.8, 4) is 6.07 Å². The first-order chi connectivity index (χ1) is 9.90. The monoisotopic (exact) mass is 312 g/mol. The number of nitrogens with zero attached hydrogens (tertiary/aromatic N) is 1. The van der Waals surface area contributed by atoms with Gasteiger partial charge in [0.1, 0.15) is 6.07 Å². The zero-order valence-electron chi connectivity index (χ0n) is 11.7. The lowest BCUT2D eigenvalue weighted by Crippen LogP contribution is -2.35. The van der Waals surface area contributed by atoms with Gasteiger partial charge in [-0.3, -0.25) is 0 Å². The Morgan fingerprint density at radius 2 is 2.00 bits per heavy atom. The summed E-state index contributed by atoms with van der Waals surface area (Å²) < 4.78 is 36.0. The molecule has 0 aliphatic rings. The Kier molecular flexibility index (Phi) is 6.30. The van der Waals surface area contributed by atoms with Crippen molar-refractivity contribution >= 4 is 16.0 Å². The van der Waals surface area contributed by atoms with Gasteiger partial charge in [-0.25, -0.2) is 17.9 Å². The van der Waals surface area contributed by atoms with E-state index in [9.17, 15) is 13.2 Å². The number of hydrogen-bond acceptors (Lipinski definition) is 6. The van der Waals surface area contributed by atoms with E-state index in [1.165, 1.54) is 31.4 Å². The van der Waals surface area contributed by atoms with Crippen LogP contribution in [0.3, 0.4) is 0 Å².